The van der Waals surface area contributed by atoms with Gasteiger partial charge in [-0.1, -0.05) is 6.92 Å². The average Bonchev–Trinajstić information content (AvgIpc) is 1.94. The van der Waals surface area contributed by atoms with Crippen LogP contribution in [-0.2, 0) is 6.42 Å². The summed E-state index contributed by atoms with van der Waals surface area (Å²) >= 11 is 2.29. The Kier molecular flexibility index (Phi) is 4.84. The van der Waals surface area contributed by atoms with Crippen molar-refractivity contribution in [3.63, 3.8) is 0 Å². The lowest BCUT2D eigenvalue weighted by atomic mass is 10.1. The van der Waals surface area contributed by atoms with Gasteiger partial charge in [-0.25, -0.2) is 0 Å². The van der Waals surface area contributed by atoms with Crippen LogP contribution in [0, 0.1) is 3.57 Å². The first-order valence-corrected chi connectivity index (χ1v) is 4.36. The van der Waals surface area contributed by atoms with Crippen molar-refractivity contribution < 1.29 is 0 Å². The van der Waals surface area contributed by atoms with E-state index in [2.05, 4.69) is 35.6 Å². The van der Waals surface area contributed by atoms with Crippen molar-refractivity contribution in [3.05, 3.63) is 27.3 Å². The van der Waals surface area contributed by atoms with Crippen molar-refractivity contribution in [2.75, 3.05) is 5.73 Å². The van der Waals surface area contributed by atoms with E-state index in [0.29, 0.717) is 0 Å². The molecule has 0 amide bonds. The van der Waals surface area contributed by atoms with Crippen molar-refractivity contribution in [1.29, 1.82) is 0 Å². The van der Waals surface area contributed by atoms with Crippen LogP contribution in [0.5, 0.6) is 0 Å². The molecule has 0 bridgehead atoms. The van der Waals surface area contributed by atoms with Crippen LogP contribution in [0.4, 0.5) is 5.69 Å². The number of aryl methyl sites for hydroxylation is 1. The fourth-order valence-electron chi connectivity index (χ4n) is 0.881. The molecule has 0 saturated heterocycles. The number of hydrogen-bond donors (Lipinski definition) is 1. The molecule has 0 spiro atoms. The summed E-state index contributed by atoms with van der Waals surface area (Å²) in [5.74, 6) is 0. The number of nitrogens with two attached hydrogens (primary N) is 1. The standard InChI is InChI=1S/C8H10IN.ClH/c1-2-6-5-7(9)3-4-8(6)10;/h3-5H,2,10H2,1H3;1H. The zero-order chi connectivity index (χ0) is 7.56. The first-order valence-electron chi connectivity index (χ1n) is 3.28. The van der Waals surface area contributed by atoms with Crippen molar-refractivity contribution in [1.82, 2.24) is 0 Å². The summed E-state index contributed by atoms with van der Waals surface area (Å²) in [5, 5.41) is 0. The number of anilines is 1. The Bertz CT molecular complexity index is 238. The molecule has 0 radical (unpaired) electrons. The molecule has 11 heavy (non-hydrogen) atoms. The van der Waals surface area contributed by atoms with E-state index in [1.54, 1.807) is 0 Å². The Morgan fingerprint density at radius 3 is 2.55 bits per heavy atom. The lowest BCUT2D eigenvalue weighted by molar-refractivity contribution is 1.14. The second kappa shape index (κ2) is 4.83. The summed E-state index contributed by atoms with van der Waals surface area (Å²) in [4.78, 5) is 0. The molecule has 0 saturated carbocycles. The highest BCUT2D eigenvalue weighted by molar-refractivity contribution is 14.1. The van der Waals surface area contributed by atoms with Crippen LogP contribution in [0.15, 0.2) is 18.2 Å². The molecule has 0 aliphatic rings. The Hall–Kier alpha value is 0.0400. The van der Waals surface area contributed by atoms with Crippen LogP contribution in [0.3, 0.4) is 0 Å². The van der Waals surface area contributed by atoms with Crippen LogP contribution in [-0.4, -0.2) is 0 Å². The molecule has 1 nitrogen and oxygen atoms in total. The molecular formula is C8H11ClIN. The fraction of sp³-hybridized carbons (Fsp3) is 0.250. The molecule has 1 aromatic rings. The van der Waals surface area contributed by atoms with Crippen LogP contribution < -0.4 is 5.73 Å². The third kappa shape index (κ3) is 2.87. The molecule has 62 valence electrons. The highest BCUT2D eigenvalue weighted by Gasteiger charge is 1.95. The van der Waals surface area contributed by atoms with Gasteiger partial charge >= 0.3 is 0 Å². The highest BCUT2D eigenvalue weighted by Crippen LogP contribution is 2.15. The predicted molar refractivity (Wildman–Crippen MR) is 60.2 cm³/mol. The Morgan fingerprint density at radius 1 is 1.45 bits per heavy atom. The molecule has 0 heterocycles. The second-order valence-corrected chi connectivity index (χ2v) is 3.44. The van der Waals surface area contributed by atoms with E-state index >= 15 is 0 Å². The van der Waals surface area contributed by atoms with Crippen LogP contribution in [0.2, 0.25) is 0 Å². The molecule has 0 atom stereocenters. The quantitative estimate of drug-likeness (QED) is 0.622. The summed E-state index contributed by atoms with van der Waals surface area (Å²) in [6.45, 7) is 2.11. The summed E-state index contributed by atoms with van der Waals surface area (Å²) in [7, 11) is 0. The van der Waals surface area contributed by atoms with E-state index in [4.69, 9.17) is 5.73 Å². The van der Waals surface area contributed by atoms with Gasteiger partial charge in [0.25, 0.3) is 0 Å². The van der Waals surface area contributed by atoms with Gasteiger partial charge in [0.15, 0.2) is 0 Å². The maximum absolute atomic E-state index is 5.70. The highest BCUT2D eigenvalue weighted by atomic mass is 127. The minimum Gasteiger partial charge on any atom is -0.399 e. The zero-order valence-electron chi connectivity index (χ0n) is 6.30. The van der Waals surface area contributed by atoms with Gasteiger partial charge in [0, 0.05) is 9.26 Å². The van der Waals surface area contributed by atoms with Gasteiger partial charge in [0.05, 0.1) is 0 Å². The molecular weight excluding hydrogens is 272 g/mol. The van der Waals surface area contributed by atoms with Crippen molar-refractivity contribution >= 4 is 40.7 Å². The van der Waals surface area contributed by atoms with Crippen molar-refractivity contribution in [2.24, 2.45) is 0 Å². The van der Waals surface area contributed by atoms with E-state index in [1.807, 2.05) is 12.1 Å². The topological polar surface area (TPSA) is 26.0 Å². The molecule has 0 aliphatic carbocycles. The summed E-state index contributed by atoms with van der Waals surface area (Å²) in [5.41, 5.74) is 7.84. The SMILES string of the molecule is CCc1cc(I)ccc1N.Cl. The lowest BCUT2D eigenvalue weighted by Gasteiger charge is -2.01. The summed E-state index contributed by atoms with van der Waals surface area (Å²) in [6.07, 6.45) is 1.02. The number of nitrogen functional groups attached to an aromatic ring is 1. The molecule has 1 aromatic carbocycles. The Morgan fingerprint density at radius 2 is 2.09 bits per heavy atom. The molecule has 0 aliphatic heterocycles. The average molecular weight is 284 g/mol. The number of rotatable bonds is 1. The Labute approximate surface area is 86.9 Å². The lowest BCUT2D eigenvalue weighted by Crippen LogP contribution is -1.92. The van der Waals surface area contributed by atoms with Crippen LogP contribution >= 0.6 is 35.0 Å². The summed E-state index contributed by atoms with van der Waals surface area (Å²) in [6, 6.07) is 6.10. The van der Waals surface area contributed by atoms with E-state index in [0.717, 1.165) is 12.1 Å². The number of hydrogen-bond acceptors (Lipinski definition) is 1. The molecule has 0 unspecified atom stereocenters. The van der Waals surface area contributed by atoms with E-state index in [1.165, 1.54) is 9.13 Å². The monoisotopic (exact) mass is 283 g/mol. The van der Waals surface area contributed by atoms with Gasteiger partial charge in [0.2, 0.25) is 0 Å². The van der Waals surface area contributed by atoms with Gasteiger partial charge in [-0.2, -0.15) is 0 Å². The van der Waals surface area contributed by atoms with E-state index < -0.39 is 0 Å². The summed E-state index contributed by atoms with van der Waals surface area (Å²) < 4.78 is 1.25. The zero-order valence-corrected chi connectivity index (χ0v) is 9.28. The maximum atomic E-state index is 5.70. The minimum atomic E-state index is 0. The second-order valence-electron chi connectivity index (χ2n) is 2.20. The number of benzene rings is 1. The molecule has 0 aromatic heterocycles. The van der Waals surface area contributed by atoms with Crippen molar-refractivity contribution in [3.8, 4) is 0 Å². The van der Waals surface area contributed by atoms with E-state index in [9.17, 15) is 0 Å². The van der Waals surface area contributed by atoms with E-state index in [-0.39, 0.29) is 12.4 Å². The van der Waals surface area contributed by atoms with Crippen molar-refractivity contribution in [2.45, 2.75) is 13.3 Å². The first kappa shape index (κ1) is 11.0. The predicted octanol–water partition coefficient (Wildman–Crippen LogP) is 2.86. The smallest absolute Gasteiger partial charge is 0.0347 e. The van der Waals surface area contributed by atoms with Crippen LogP contribution in [0.1, 0.15) is 12.5 Å². The fourth-order valence-corrected chi connectivity index (χ4v) is 1.44. The van der Waals surface area contributed by atoms with Gasteiger partial charge in [0.1, 0.15) is 0 Å². The van der Waals surface area contributed by atoms with Gasteiger partial charge < -0.3 is 5.73 Å². The van der Waals surface area contributed by atoms with Gasteiger partial charge in [-0.15, -0.1) is 12.4 Å². The third-order valence-corrected chi connectivity index (χ3v) is 2.16. The minimum absolute atomic E-state index is 0. The van der Waals surface area contributed by atoms with Gasteiger partial charge in [-0.05, 0) is 52.8 Å². The molecule has 1 rings (SSSR count). The molecule has 0 fully saturated rings. The van der Waals surface area contributed by atoms with Crippen LogP contribution in [0.25, 0.3) is 0 Å². The Balaban J connectivity index is 0.000001000. The first-order chi connectivity index (χ1) is 4.74. The normalized spacial score (nSPS) is 8.91. The number of halogens is 2. The largest absolute Gasteiger partial charge is 0.399 e. The van der Waals surface area contributed by atoms with Gasteiger partial charge in [-0.3, -0.25) is 0 Å². The molecule has 3 heteroatoms. The molecule has 2 N–H and O–H groups in total. The maximum Gasteiger partial charge on any atom is 0.0347 e. The third-order valence-electron chi connectivity index (χ3n) is 1.49.